The lowest BCUT2D eigenvalue weighted by molar-refractivity contribution is -0.359. The van der Waals surface area contributed by atoms with Gasteiger partial charge in [-0.15, -0.1) is 34.8 Å². The number of esters is 5. The minimum absolute atomic E-state index is 0.231. The van der Waals surface area contributed by atoms with Crippen molar-refractivity contribution in [3.63, 3.8) is 0 Å². The molecule has 0 saturated carbocycles. The molecule has 2 saturated heterocycles. The molecule has 38 heavy (non-hydrogen) atoms. The van der Waals surface area contributed by atoms with Gasteiger partial charge >= 0.3 is 29.8 Å². The number of hydrogen-bond acceptors (Lipinski definition) is 13. The highest BCUT2D eigenvalue weighted by Gasteiger charge is 2.63. The molecule has 0 N–H and O–H groups in total. The van der Waals surface area contributed by atoms with Crippen LogP contribution in [0, 0.1) is 0 Å². The first-order valence-corrected chi connectivity index (χ1v) is 12.8. The molecule has 0 aromatic carbocycles. The minimum atomic E-state index is -2.07. The van der Waals surface area contributed by atoms with Gasteiger partial charge in [0.1, 0.15) is 24.2 Å². The van der Waals surface area contributed by atoms with E-state index in [1.807, 2.05) is 0 Å². The second-order valence-electron chi connectivity index (χ2n) is 8.42. The van der Waals surface area contributed by atoms with Gasteiger partial charge in [0.05, 0.1) is 11.8 Å². The number of carbonyl (C=O) groups is 5. The summed E-state index contributed by atoms with van der Waals surface area (Å²) >= 11 is 18.8. The SMILES string of the molecule is CC(=O)OCC1O[C@@H](OC2(CCl)OC(CCl)C(OC(C)=O)C2OC(C)=O)C(OC(C)=O)C(OC(C)=O)[C@H]1Cl. The zero-order valence-corrected chi connectivity index (χ0v) is 23.4. The van der Waals surface area contributed by atoms with Crippen molar-refractivity contribution in [2.45, 2.75) is 88.7 Å². The highest BCUT2D eigenvalue weighted by atomic mass is 35.5. The van der Waals surface area contributed by atoms with Crippen molar-refractivity contribution >= 4 is 64.6 Å². The van der Waals surface area contributed by atoms with E-state index in [2.05, 4.69) is 0 Å². The van der Waals surface area contributed by atoms with Gasteiger partial charge in [-0.2, -0.15) is 0 Å². The zero-order valence-electron chi connectivity index (χ0n) is 21.2. The maximum absolute atomic E-state index is 12.0. The number of ether oxygens (including phenoxy) is 8. The first kappa shape index (κ1) is 32.3. The molecule has 2 fully saturated rings. The normalized spacial score (nSPS) is 34.6. The summed E-state index contributed by atoms with van der Waals surface area (Å²) in [6.07, 6.45) is -9.38. The van der Waals surface area contributed by atoms with E-state index in [-0.39, 0.29) is 5.88 Å². The quantitative estimate of drug-likeness (QED) is 0.198. The third-order valence-corrected chi connectivity index (χ3v) is 6.53. The minimum Gasteiger partial charge on any atom is -0.463 e. The van der Waals surface area contributed by atoms with Crippen LogP contribution in [-0.2, 0) is 61.9 Å². The summed E-state index contributed by atoms with van der Waals surface area (Å²) in [5.74, 6) is -6.59. The van der Waals surface area contributed by atoms with Crippen molar-refractivity contribution < 1.29 is 61.9 Å². The lowest BCUT2D eigenvalue weighted by Gasteiger charge is -2.45. The van der Waals surface area contributed by atoms with Gasteiger partial charge in [-0.1, -0.05) is 0 Å². The number of halogens is 3. The Morgan fingerprint density at radius 3 is 1.74 bits per heavy atom. The molecule has 0 radical (unpaired) electrons. The summed E-state index contributed by atoms with van der Waals surface area (Å²) in [4.78, 5) is 59.0. The summed E-state index contributed by atoms with van der Waals surface area (Å²) in [6.45, 7) is 5.18. The van der Waals surface area contributed by atoms with Gasteiger partial charge in [-0.3, -0.25) is 24.0 Å². The van der Waals surface area contributed by atoms with Crippen LogP contribution in [0.2, 0.25) is 0 Å². The lowest BCUT2D eigenvalue weighted by atomic mass is 10.0. The maximum atomic E-state index is 12.0. The molecule has 216 valence electrons. The predicted octanol–water partition coefficient (Wildman–Crippen LogP) is 1.20. The van der Waals surface area contributed by atoms with Crippen molar-refractivity contribution in [2.24, 2.45) is 0 Å². The fourth-order valence-electron chi connectivity index (χ4n) is 3.99. The number of hydrogen-bond donors (Lipinski definition) is 0. The van der Waals surface area contributed by atoms with Gasteiger partial charge in [0.15, 0.2) is 24.4 Å². The molecule has 0 aromatic rings. The van der Waals surface area contributed by atoms with Crippen LogP contribution in [0.5, 0.6) is 0 Å². The van der Waals surface area contributed by atoms with E-state index in [0.717, 1.165) is 34.6 Å². The Morgan fingerprint density at radius 2 is 1.26 bits per heavy atom. The lowest BCUT2D eigenvalue weighted by Crippen LogP contribution is -2.63. The highest BCUT2D eigenvalue weighted by molar-refractivity contribution is 6.21. The van der Waals surface area contributed by atoms with E-state index in [0.29, 0.717) is 0 Å². The zero-order chi connectivity index (χ0) is 28.8. The van der Waals surface area contributed by atoms with Gasteiger partial charge in [0.25, 0.3) is 0 Å². The van der Waals surface area contributed by atoms with Crippen molar-refractivity contribution in [1.29, 1.82) is 0 Å². The average Bonchev–Trinajstić information content (AvgIpc) is 3.08. The molecule has 0 spiro atoms. The number of alkyl halides is 3. The van der Waals surface area contributed by atoms with Crippen molar-refractivity contribution in [1.82, 2.24) is 0 Å². The first-order chi connectivity index (χ1) is 17.7. The molecule has 9 atom stereocenters. The third kappa shape index (κ3) is 8.06. The van der Waals surface area contributed by atoms with Crippen LogP contribution < -0.4 is 0 Å². The average molecular weight is 608 g/mol. The number of rotatable bonds is 10. The standard InChI is InChI=1S/C22H29Cl3O13/c1-9(26)31-7-15-16(25)18(33-11(3)28)19(34-12(4)29)21(36-15)38-22(8-24)20(35-13(5)30)17(32-10(2)27)14(6-23)37-22/h14-21H,6-8H2,1-5H3/t14?,15?,16-,17?,18?,19?,20?,21-,22?/m0/s1. The van der Waals surface area contributed by atoms with Crippen LogP contribution in [0.3, 0.4) is 0 Å². The van der Waals surface area contributed by atoms with Crippen molar-refractivity contribution in [2.75, 3.05) is 18.4 Å². The summed E-state index contributed by atoms with van der Waals surface area (Å²) < 4.78 is 44.3. The molecule has 7 unspecified atom stereocenters. The fraction of sp³-hybridized carbons (Fsp3) is 0.773. The van der Waals surface area contributed by atoms with Crippen LogP contribution >= 0.6 is 34.8 Å². The highest BCUT2D eigenvalue weighted by Crippen LogP contribution is 2.42. The predicted molar refractivity (Wildman–Crippen MR) is 127 cm³/mol. The maximum Gasteiger partial charge on any atom is 0.303 e. The van der Waals surface area contributed by atoms with Crippen molar-refractivity contribution in [3.05, 3.63) is 0 Å². The van der Waals surface area contributed by atoms with E-state index in [1.54, 1.807) is 0 Å². The molecular formula is C22H29Cl3O13. The van der Waals surface area contributed by atoms with Crippen LogP contribution in [0.4, 0.5) is 0 Å². The van der Waals surface area contributed by atoms with Crippen LogP contribution in [0.15, 0.2) is 0 Å². The first-order valence-electron chi connectivity index (χ1n) is 11.3. The van der Waals surface area contributed by atoms with Crippen molar-refractivity contribution in [3.8, 4) is 0 Å². The molecule has 2 rings (SSSR count). The third-order valence-electron chi connectivity index (χ3n) is 5.32. The largest absolute Gasteiger partial charge is 0.463 e. The Kier molecular flexibility index (Phi) is 11.9. The summed E-state index contributed by atoms with van der Waals surface area (Å²) in [5, 5.41) is -1.17. The van der Waals surface area contributed by atoms with E-state index < -0.39 is 96.4 Å². The summed E-state index contributed by atoms with van der Waals surface area (Å²) in [6, 6.07) is 0. The molecule has 0 bridgehead atoms. The summed E-state index contributed by atoms with van der Waals surface area (Å²) in [5.41, 5.74) is 0. The van der Waals surface area contributed by atoms with Gasteiger partial charge in [0.2, 0.25) is 12.1 Å². The topological polar surface area (TPSA) is 159 Å². The van der Waals surface area contributed by atoms with Crippen LogP contribution in [-0.4, -0.2) is 102 Å². The fourth-order valence-corrected chi connectivity index (χ4v) is 4.83. The molecule has 2 aliphatic rings. The van der Waals surface area contributed by atoms with Crippen LogP contribution in [0.1, 0.15) is 34.6 Å². The van der Waals surface area contributed by atoms with Gasteiger partial charge in [0, 0.05) is 34.6 Å². The number of carbonyl (C=O) groups excluding carboxylic acids is 5. The van der Waals surface area contributed by atoms with Crippen LogP contribution in [0.25, 0.3) is 0 Å². The Hall–Kier alpha value is -1.90. The summed E-state index contributed by atoms with van der Waals surface area (Å²) in [7, 11) is 0. The Morgan fingerprint density at radius 1 is 0.737 bits per heavy atom. The Labute approximate surface area is 233 Å². The van der Waals surface area contributed by atoms with Gasteiger partial charge in [-0.25, -0.2) is 0 Å². The molecule has 0 aliphatic carbocycles. The Bertz CT molecular complexity index is 902. The van der Waals surface area contributed by atoms with E-state index in [9.17, 15) is 24.0 Å². The Balaban J connectivity index is 2.55. The monoisotopic (exact) mass is 606 g/mol. The molecule has 0 aromatic heterocycles. The van der Waals surface area contributed by atoms with E-state index in [4.69, 9.17) is 72.7 Å². The second kappa shape index (κ2) is 13.9. The second-order valence-corrected chi connectivity index (χ2v) is 9.50. The molecule has 0 amide bonds. The van der Waals surface area contributed by atoms with E-state index >= 15 is 0 Å². The van der Waals surface area contributed by atoms with Gasteiger partial charge < -0.3 is 37.9 Å². The molecule has 2 heterocycles. The molecule has 2 aliphatic heterocycles. The van der Waals surface area contributed by atoms with Gasteiger partial charge in [-0.05, 0) is 0 Å². The smallest absolute Gasteiger partial charge is 0.303 e. The molecular weight excluding hydrogens is 579 g/mol. The van der Waals surface area contributed by atoms with E-state index in [1.165, 1.54) is 0 Å². The molecule has 13 nitrogen and oxygen atoms in total. The molecule has 16 heteroatoms.